The summed E-state index contributed by atoms with van der Waals surface area (Å²) in [4.78, 5) is 0. The van der Waals surface area contributed by atoms with E-state index in [1.807, 2.05) is 12.4 Å². The third kappa shape index (κ3) is 3.79. The van der Waals surface area contributed by atoms with Crippen molar-refractivity contribution in [2.24, 2.45) is 0 Å². The monoisotopic (exact) mass is 360 g/mol. The SMILES string of the molecule is CNCc1csc(S(=O)(=O)Nc2ccc(Br)cc2)c1. The third-order valence-corrected chi connectivity index (χ3v) is 5.77. The fraction of sp³-hybridized carbons (Fsp3) is 0.167. The summed E-state index contributed by atoms with van der Waals surface area (Å²) >= 11 is 4.53. The molecule has 102 valence electrons. The van der Waals surface area contributed by atoms with Crippen LogP contribution >= 0.6 is 27.3 Å². The molecule has 0 aliphatic carbocycles. The first-order valence-electron chi connectivity index (χ1n) is 5.51. The van der Waals surface area contributed by atoms with Gasteiger partial charge in [-0.1, -0.05) is 15.9 Å². The van der Waals surface area contributed by atoms with Crippen LogP contribution in [0.15, 0.2) is 44.4 Å². The second kappa shape index (κ2) is 6.04. The lowest BCUT2D eigenvalue weighted by Crippen LogP contribution is -2.11. The molecule has 0 aliphatic rings. The standard InChI is InChI=1S/C12H13BrN2O2S2/c1-14-7-9-6-12(18-8-9)19(16,17)15-11-4-2-10(13)3-5-11/h2-6,8,14-15H,7H2,1H3. The van der Waals surface area contributed by atoms with Gasteiger partial charge in [-0.3, -0.25) is 4.72 Å². The first-order valence-corrected chi connectivity index (χ1v) is 8.67. The first-order chi connectivity index (χ1) is 9.01. The number of hydrogen-bond donors (Lipinski definition) is 2. The van der Waals surface area contributed by atoms with Crippen molar-refractivity contribution < 1.29 is 8.42 Å². The summed E-state index contributed by atoms with van der Waals surface area (Å²) in [7, 11) is -1.67. The first kappa shape index (κ1) is 14.5. The molecule has 2 N–H and O–H groups in total. The van der Waals surface area contributed by atoms with Gasteiger partial charge in [0.25, 0.3) is 10.0 Å². The van der Waals surface area contributed by atoms with Crippen LogP contribution in [-0.2, 0) is 16.6 Å². The Morgan fingerprint density at radius 2 is 1.95 bits per heavy atom. The van der Waals surface area contributed by atoms with E-state index in [0.29, 0.717) is 16.4 Å². The van der Waals surface area contributed by atoms with Crippen LogP contribution in [0.5, 0.6) is 0 Å². The van der Waals surface area contributed by atoms with Crippen LogP contribution in [-0.4, -0.2) is 15.5 Å². The highest BCUT2D eigenvalue weighted by Crippen LogP contribution is 2.23. The minimum atomic E-state index is -3.50. The van der Waals surface area contributed by atoms with Gasteiger partial charge in [0, 0.05) is 16.7 Å². The second-order valence-electron chi connectivity index (χ2n) is 3.92. The average Bonchev–Trinajstić information content (AvgIpc) is 2.82. The predicted molar refractivity (Wildman–Crippen MR) is 82.0 cm³/mol. The largest absolute Gasteiger partial charge is 0.316 e. The summed E-state index contributed by atoms with van der Waals surface area (Å²) in [6.45, 7) is 0.657. The van der Waals surface area contributed by atoms with E-state index in [9.17, 15) is 8.42 Å². The zero-order chi connectivity index (χ0) is 13.9. The van der Waals surface area contributed by atoms with Gasteiger partial charge in [-0.15, -0.1) is 11.3 Å². The minimum Gasteiger partial charge on any atom is -0.316 e. The number of sulfonamides is 1. The molecule has 19 heavy (non-hydrogen) atoms. The summed E-state index contributed by atoms with van der Waals surface area (Å²) in [6, 6.07) is 8.69. The van der Waals surface area contributed by atoms with Crippen LogP contribution in [0.3, 0.4) is 0 Å². The van der Waals surface area contributed by atoms with Crippen LogP contribution in [0, 0.1) is 0 Å². The van der Waals surface area contributed by atoms with E-state index in [0.717, 1.165) is 10.0 Å². The van der Waals surface area contributed by atoms with Crippen molar-refractivity contribution >= 4 is 43.0 Å². The average molecular weight is 361 g/mol. The molecule has 2 rings (SSSR count). The number of halogens is 1. The molecule has 4 nitrogen and oxygen atoms in total. The Morgan fingerprint density at radius 1 is 1.26 bits per heavy atom. The Hall–Kier alpha value is -0.890. The molecule has 0 unspecified atom stereocenters. The van der Waals surface area contributed by atoms with E-state index in [-0.39, 0.29) is 0 Å². The van der Waals surface area contributed by atoms with E-state index >= 15 is 0 Å². The molecule has 0 bridgehead atoms. The maximum absolute atomic E-state index is 12.2. The summed E-state index contributed by atoms with van der Waals surface area (Å²) in [5, 5.41) is 4.83. The van der Waals surface area contributed by atoms with E-state index in [4.69, 9.17) is 0 Å². The highest BCUT2D eigenvalue weighted by Gasteiger charge is 2.16. The van der Waals surface area contributed by atoms with Gasteiger partial charge in [-0.2, -0.15) is 0 Å². The van der Waals surface area contributed by atoms with Crippen LogP contribution in [0.2, 0.25) is 0 Å². The van der Waals surface area contributed by atoms with Crippen molar-refractivity contribution in [2.45, 2.75) is 10.8 Å². The van der Waals surface area contributed by atoms with Crippen LogP contribution in [0.4, 0.5) is 5.69 Å². The molecule has 1 heterocycles. The van der Waals surface area contributed by atoms with Gasteiger partial charge in [-0.25, -0.2) is 8.42 Å². The number of anilines is 1. The molecule has 0 fully saturated rings. The zero-order valence-corrected chi connectivity index (χ0v) is 13.4. The summed E-state index contributed by atoms with van der Waals surface area (Å²) in [5.41, 5.74) is 1.51. The van der Waals surface area contributed by atoms with E-state index in [2.05, 4.69) is 26.0 Å². The Kier molecular flexibility index (Phi) is 4.62. The van der Waals surface area contributed by atoms with Gasteiger partial charge < -0.3 is 5.32 Å². The van der Waals surface area contributed by atoms with Crippen molar-refractivity contribution in [1.29, 1.82) is 0 Å². The van der Waals surface area contributed by atoms with Gasteiger partial charge in [-0.05, 0) is 48.3 Å². The quantitative estimate of drug-likeness (QED) is 0.861. The number of rotatable bonds is 5. The topological polar surface area (TPSA) is 58.2 Å². The summed E-state index contributed by atoms with van der Waals surface area (Å²) in [6.07, 6.45) is 0. The van der Waals surface area contributed by atoms with Gasteiger partial charge in [0.05, 0.1) is 0 Å². The molecular formula is C12H13BrN2O2S2. The highest BCUT2D eigenvalue weighted by molar-refractivity contribution is 9.10. The Bertz CT molecular complexity index is 651. The Balaban J connectivity index is 2.19. The van der Waals surface area contributed by atoms with Crippen molar-refractivity contribution in [3.8, 4) is 0 Å². The number of hydrogen-bond acceptors (Lipinski definition) is 4. The van der Waals surface area contributed by atoms with Crippen molar-refractivity contribution in [3.63, 3.8) is 0 Å². The fourth-order valence-corrected chi connectivity index (χ4v) is 4.05. The Morgan fingerprint density at radius 3 is 2.58 bits per heavy atom. The second-order valence-corrected chi connectivity index (χ2v) is 7.65. The molecule has 2 aromatic rings. The lowest BCUT2D eigenvalue weighted by Gasteiger charge is -2.05. The van der Waals surface area contributed by atoms with Crippen molar-refractivity contribution in [3.05, 3.63) is 45.7 Å². The molecule has 0 saturated carbocycles. The summed E-state index contributed by atoms with van der Waals surface area (Å²) in [5.74, 6) is 0. The van der Waals surface area contributed by atoms with Crippen LogP contribution in [0.1, 0.15) is 5.56 Å². The predicted octanol–water partition coefficient (Wildman–Crippen LogP) is 3.03. The van der Waals surface area contributed by atoms with E-state index in [1.54, 1.807) is 30.3 Å². The summed E-state index contributed by atoms with van der Waals surface area (Å²) < 4.78 is 28.1. The normalized spacial score (nSPS) is 11.5. The fourth-order valence-electron chi connectivity index (χ4n) is 1.51. The van der Waals surface area contributed by atoms with Crippen molar-refractivity contribution in [1.82, 2.24) is 5.32 Å². The maximum Gasteiger partial charge on any atom is 0.271 e. The van der Waals surface area contributed by atoms with E-state index in [1.165, 1.54) is 11.3 Å². The third-order valence-electron chi connectivity index (χ3n) is 2.37. The molecule has 1 aromatic heterocycles. The van der Waals surface area contributed by atoms with Gasteiger partial charge in [0.2, 0.25) is 0 Å². The number of nitrogens with one attached hydrogen (secondary N) is 2. The maximum atomic E-state index is 12.2. The molecule has 0 saturated heterocycles. The molecular weight excluding hydrogens is 348 g/mol. The van der Waals surface area contributed by atoms with Gasteiger partial charge in [0.15, 0.2) is 0 Å². The zero-order valence-electron chi connectivity index (χ0n) is 10.2. The van der Waals surface area contributed by atoms with E-state index < -0.39 is 10.0 Å². The molecule has 0 atom stereocenters. The highest BCUT2D eigenvalue weighted by atomic mass is 79.9. The molecule has 7 heteroatoms. The van der Waals surface area contributed by atoms with Gasteiger partial charge >= 0.3 is 0 Å². The molecule has 0 spiro atoms. The lowest BCUT2D eigenvalue weighted by molar-refractivity contribution is 0.603. The number of thiophene rings is 1. The number of benzene rings is 1. The molecule has 0 aliphatic heterocycles. The van der Waals surface area contributed by atoms with Crippen molar-refractivity contribution in [2.75, 3.05) is 11.8 Å². The molecule has 0 radical (unpaired) electrons. The Labute approximate surface area is 125 Å². The lowest BCUT2D eigenvalue weighted by atomic mass is 10.3. The van der Waals surface area contributed by atoms with Crippen LogP contribution in [0.25, 0.3) is 0 Å². The van der Waals surface area contributed by atoms with Gasteiger partial charge in [0.1, 0.15) is 4.21 Å². The molecule has 1 aromatic carbocycles. The van der Waals surface area contributed by atoms with Crippen LogP contribution < -0.4 is 10.0 Å². The smallest absolute Gasteiger partial charge is 0.271 e. The minimum absolute atomic E-state index is 0.320. The molecule has 0 amide bonds.